The number of aliphatic hydroxyl groups is 1. The highest BCUT2D eigenvalue weighted by Crippen LogP contribution is 2.44. The number of aliphatic hydroxyl groups excluding tert-OH is 1. The molecule has 1 aliphatic heterocycles. The minimum atomic E-state index is -0.427. The summed E-state index contributed by atoms with van der Waals surface area (Å²) in [4.78, 5) is 17.8. The van der Waals surface area contributed by atoms with Gasteiger partial charge in [-0.25, -0.2) is 4.98 Å². The zero-order valence-electron chi connectivity index (χ0n) is 19.9. The van der Waals surface area contributed by atoms with Gasteiger partial charge in [-0.1, -0.05) is 35.9 Å². The molecule has 37 heavy (non-hydrogen) atoms. The van der Waals surface area contributed by atoms with Gasteiger partial charge in [0.05, 0.1) is 34.9 Å². The molecule has 2 aromatic carbocycles. The van der Waals surface area contributed by atoms with E-state index < -0.39 is 5.92 Å². The van der Waals surface area contributed by atoms with Crippen LogP contribution in [0.2, 0.25) is 5.02 Å². The summed E-state index contributed by atoms with van der Waals surface area (Å²) in [7, 11) is 0. The topological polar surface area (TPSA) is 95.2 Å². The van der Waals surface area contributed by atoms with Crippen molar-refractivity contribution in [3.05, 3.63) is 92.1 Å². The number of hydrogen-bond donors (Lipinski definition) is 2. The molecule has 6 nitrogen and oxygen atoms in total. The third-order valence-electron chi connectivity index (χ3n) is 6.24. The van der Waals surface area contributed by atoms with E-state index in [1.165, 1.54) is 11.8 Å². The first-order chi connectivity index (χ1) is 18.1. The molecule has 0 bridgehead atoms. The molecular weight excluding hydrogens is 526 g/mol. The van der Waals surface area contributed by atoms with Crippen LogP contribution in [0, 0.1) is 11.3 Å². The molecule has 1 aliphatic carbocycles. The van der Waals surface area contributed by atoms with Crippen LogP contribution in [-0.4, -0.2) is 29.1 Å². The summed E-state index contributed by atoms with van der Waals surface area (Å²) in [5.74, 6) is 0.884. The minimum Gasteiger partial charge on any atom is -0.491 e. The van der Waals surface area contributed by atoms with Crippen molar-refractivity contribution in [1.29, 1.82) is 5.26 Å². The monoisotopic (exact) mass is 549 g/mol. The molecule has 1 unspecified atom stereocenters. The maximum atomic E-state index is 13.0. The van der Waals surface area contributed by atoms with Crippen molar-refractivity contribution in [2.45, 2.75) is 30.9 Å². The number of Topliss-reactive ketones (excluding diaryl/α,β-unsaturated/α-hetero) is 1. The van der Waals surface area contributed by atoms with Gasteiger partial charge in [-0.2, -0.15) is 5.26 Å². The number of hydrogen-bond acceptors (Lipinski definition) is 8. The molecule has 2 heterocycles. The number of halogens is 1. The number of nitriles is 1. The van der Waals surface area contributed by atoms with E-state index in [4.69, 9.17) is 26.4 Å². The van der Waals surface area contributed by atoms with E-state index in [9.17, 15) is 10.1 Å². The van der Waals surface area contributed by atoms with E-state index in [0.29, 0.717) is 34.1 Å². The minimum absolute atomic E-state index is 0.0666. The first-order valence-corrected chi connectivity index (χ1v) is 14.2. The van der Waals surface area contributed by atoms with Crippen LogP contribution in [0.3, 0.4) is 0 Å². The van der Waals surface area contributed by atoms with Crippen molar-refractivity contribution in [2.24, 2.45) is 0 Å². The summed E-state index contributed by atoms with van der Waals surface area (Å²) in [5.41, 5.74) is 4.94. The fourth-order valence-electron chi connectivity index (χ4n) is 4.54. The number of allylic oxidation sites excluding steroid dienone is 3. The molecular formula is C28H24ClN3O3S2. The Balaban J connectivity index is 1.42. The van der Waals surface area contributed by atoms with E-state index in [-0.39, 0.29) is 19.0 Å². The molecule has 1 atom stereocenters. The Morgan fingerprint density at radius 1 is 1.19 bits per heavy atom. The number of nitrogens with zero attached hydrogens (tertiary/aromatic N) is 2. The highest BCUT2D eigenvalue weighted by atomic mass is 35.5. The van der Waals surface area contributed by atoms with Crippen LogP contribution >= 0.6 is 34.7 Å². The van der Waals surface area contributed by atoms with Crippen LogP contribution in [0.1, 0.15) is 36.4 Å². The summed E-state index contributed by atoms with van der Waals surface area (Å²) < 4.78 is 5.49. The predicted molar refractivity (Wildman–Crippen MR) is 147 cm³/mol. The third kappa shape index (κ3) is 5.60. The molecule has 0 fully saturated rings. The number of ketones is 1. The van der Waals surface area contributed by atoms with Crippen LogP contribution in [0.25, 0.3) is 10.6 Å². The number of nitrogens with one attached hydrogen (secondary N) is 1. The number of carbonyl (C=O) groups is 1. The normalized spacial score (nSPS) is 17.3. The Bertz CT molecular complexity index is 1410. The van der Waals surface area contributed by atoms with Gasteiger partial charge in [0.1, 0.15) is 17.4 Å². The molecule has 2 aliphatic rings. The summed E-state index contributed by atoms with van der Waals surface area (Å²) in [6.45, 7) is 0.143. The zero-order chi connectivity index (χ0) is 25.8. The van der Waals surface area contributed by atoms with Crippen molar-refractivity contribution in [2.75, 3.05) is 13.2 Å². The summed E-state index contributed by atoms with van der Waals surface area (Å²) in [6, 6.07) is 17.4. The van der Waals surface area contributed by atoms with Crippen molar-refractivity contribution in [1.82, 2.24) is 10.3 Å². The highest BCUT2D eigenvalue weighted by Gasteiger charge is 2.37. The Morgan fingerprint density at radius 3 is 2.70 bits per heavy atom. The number of ether oxygens (including phenoxy) is 1. The van der Waals surface area contributed by atoms with Gasteiger partial charge in [0, 0.05) is 39.4 Å². The Hall–Kier alpha value is -3.09. The van der Waals surface area contributed by atoms with E-state index in [1.54, 1.807) is 11.3 Å². The number of thioether (sulfide) groups is 1. The number of rotatable bonds is 8. The van der Waals surface area contributed by atoms with Gasteiger partial charge in [-0.05, 0) is 42.7 Å². The van der Waals surface area contributed by atoms with Crippen LogP contribution in [-0.2, 0) is 10.5 Å². The second-order valence-electron chi connectivity index (χ2n) is 8.66. The number of thiazole rings is 1. The lowest BCUT2D eigenvalue weighted by Crippen LogP contribution is -2.31. The Kier molecular flexibility index (Phi) is 7.96. The molecule has 1 aromatic heterocycles. The van der Waals surface area contributed by atoms with Crippen molar-refractivity contribution >= 4 is 40.5 Å². The van der Waals surface area contributed by atoms with E-state index >= 15 is 0 Å². The summed E-state index contributed by atoms with van der Waals surface area (Å²) in [5, 5.41) is 27.1. The van der Waals surface area contributed by atoms with Gasteiger partial charge in [0.25, 0.3) is 0 Å². The van der Waals surface area contributed by atoms with Gasteiger partial charge in [-0.15, -0.1) is 23.1 Å². The fourth-order valence-corrected chi connectivity index (χ4v) is 6.55. The van der Waals surface area contributed by atoms with Gasteiger partial charge < -0.3 is 15.2 Å². The molecule has 0 saturated carbocycles. The smallest absolute Gasteiger partial charge is 0.161 e. The van der Waals surface area contributed by atoms with Crippen LogP contribution in [0.5, 0.6) is 5.75 Å². The molecule has 3 aromatic rings. The SMILES string of the molecule is N#CC1=C(SCc2csc(-c3ccc(Cl)cc3)n2)NC2=C(C(=O)CCC2)C1c1ccc(OCCO)cc1. The number of dihydropyridines is 1. The average Bonchev–Trinajstić information content (AvgIpc) is 3.40. The van der Waals surface area contributed by atoms with Crippen LogP contribution in [0.15, 0.2) is 75.8 Å². The van der Waals surface area contributed by atoms with Crippen LogP contribution < -0.4 is 10.1 Å². The lowest BCUT2D eigenvalue weighted by molar-refractivity contribution is -0.116. The zero-order valence-corrected chi connectivity index (χ0v) is 22.3. The highest BCUT2D eigenvalue weighted by molar-refractivity contribution is 8.02. The lowest BCUT2D eigenvalue weighted by atomic mass is 9.77. The molecule has 5 rings (SSSR count). The molecule has 0 spiro atoms. The third-order valence-corrected chi connectivity index (χ3v) is 8.49. The summed E-state index contributed by atoms with van der Waals surface area (Å²) >= 11 is 9.12. The second-order valence-corrected chi connectivity index (χ2v) is 10.9. The predicted octanol–water partition coefficient (Wildman–Crippen LogP) is 6.20. The molecule has 9 heteroatoms. The molecule has 0 saturated heterocycles. The Morgan fingerprint density at radius 2 is 1.97 bits per heavy atom. The largest absolute Gasteiger partial charge is 0.491 e. The average molecular weight is 550 g/mol. The Labute approximate surface area is 228 Å². The standard InChI is InChI=1S/C28H24ClN3O3S2/c29-19-8-4-18(5-9-19)27-31-20(15-36-27)16-37-28-22(14-30)25(26-23(32-28)2-1-3-24(26)34)17-6-10-21(11-7-17)35-13-12-33/h4-11,15,25,32-33H,1-3,12-13,16H2. The lowest BCUT2D eigenvalue weighted by Gasteiger charge is -2.33. The van der Waals surface area contributed by atoms with E-state index in [0.717, 1.165) is 45.4 Å². The molecule has 0 radical (unpaired) electrons. The number of carbonyl (C=O) groups excluding carboxylic acids is 1. The van der Waals surface area contributed by atoms with Crippen LogP contribution in [0.4, 0.5) is 0 Å². The van der Waals surface area contributed by atoms with E-state index in [1.807, 2.05) is 53.9 Å². The quantitative estimate of drug-likeness (QED) is 0.345. The van der Waals surface area contributed by atoms with Gasteiger partial charge in [0.2, 0.25) is 0 Å². The molecule has 2 N–H and O–H groups in total. The van der Waals surface area contributed by atoms with Gasteiger partial charge in [-0.3, -0.25) is 4.79 Å². The van der Waals surface area contributed by atoms with Crippen molar-refractivity contribution in [3.63, 3.8) is 0 Å². The maximum absolute atomic E-state index is 13.0. The number of aromatic nitrogens is 1. The van der Waals surface area contributed by atoms with E-state index in [2.05, 4.69) is 11.4 Å². The van der Waals surface area contributed by atoms with Crippen molar-refractivity contribution in [3.8, 4) is 22.4 Å². The first kappa shape index (κ1) is 25.6. The first-order valence-electron chi connectivity index (χ1n) is 11.9. The second kappa shape index (κ2) is 11.5. The molecule has 0 amide bonds. The molecule has 188 valence electrons. The fraction of sp³-hybridized carbons (Fsp3) is 0.250. The van der Waals surface area contributed by atoms with Gasteiger partial charge in [0.15, 0.2) is 5.78 Å². The van der Waals surface area contributed by atoms with Gasteiger partial charge >= 0.3 is 0 Å². The number of benzene rings is 2. The van der Waals surface area contributed by atoms with Crippen molar-refractivity contribution < 1.29 is 14.6 Å². The maximum Gasteiger partial charge on any atom is 0.161 e. The summed E-state index contributed by atoms with van der Waals surface area (Å²) in [6.07, 6.45) is 2.05.